The molecule has 1 heterocycles. The average Bonchev–Trinajstić information content (AvgIpc) is 3.02. The Morgan fingerprint density at radius 3 is 2.72 bits per heavy atom. The fourth-order valence-corrected chi connectivity index (χ4v) is 1.73. The van der Waals surface area contributed by atoms with Crippen molar-refractivity contribution in [3.05, 3.63) is 28.4 Å². The van der Waals surface area contributed by atoms with Gasteiger partial charge < -0.3 is 9.88 Å². The maximum atomic E-state index is 12.1. The third-order valence-corrected chi connectivity index (χ3v) is 2.77. The van der Waals surface area contributed by atoms with E-state index < -0.39 is 5.91 Å². The van der Waals surface area contributed by atoms with Crippen LogP contribution in [0.15, 0.2) is 17.2 Å². The van der Waals surface area contributed by atoms with Gasteiger partial charge in [-0.15, -0.1) is 0 Å². The monoisotopic (exact) mass is 249 g/mol. The maximum Gasteiger partial charge on any atom is 0.282 e. The van der Waals surface area contributed by atoms with E-state index in [9.17, 15) is 9.59 Å². The van der Waals surface area contributed by atoms with Gasteiger partial charge in [0, 0.05) is 24.5 Å². The molecular formula is C13H19N3O2. The Hall–Kier alpha value is -1.65. The lowest BCUT2D eigenvalue weighted by Crippen LogP contribution is -2.44. The van der Waals surface area contributed by atoms with Crippen LogP contribution in [0.4, 0.5) is 0 Å². The second-order valence-electron chi connectivity index (χ2n) is 5.88. The Morgan fingerprint density at radius 2 is 2.17 bits per heavy atom. The van der Waals surface area contributed by atoms with Gasteiger partial charge in [-0.3, -0.25) is 9.59 Å². The summed E-state index contributed by atoms with van der Waals surface area (Å²) < 4.78 is 1.59. The van der Waals surface area contributed by atoms with Crippen LogP contribution in [0.1, 0.15) is 44.1 Å². The van der Waals surface area contributed by atoms with Crippen LogP contribution in [-0.2, 0) is 6.54 Å². The number of nitrogens with one attached hydrogen (secondary N) is 1. The van der Waals surface area contributed by atoms with Crippen LogP contribution in [0, 0.1) is 5.92 Å². The molecule has 0 atom stereocenters. The number of aromatic nitrogens is 2. The van der Waals surface area contributed by atoms with Crippen LogP contribution < -0.4 is 10.9 Å². The smallest absolute Gasteiger partial charge is 0.282 e. The van der Waals surface area contributed by atoms with Crippen LogP contribution >= 0.6 is 0 Å². The molecule has 0 aliphatic heterocycles. The largest absolute Gasteiger partial charge is 0.346 e. The number of hydrogen-bond donors (Lipinski definition) is 1. The van der Waals surface area contributed by atoms with E-state index in [1.807, 2.05) is 20.8 Å². The van der Waals surface area contributed by atoms with Crippen molar-refractivity contribution in [2.75, 3.05) is 0 Å². The van der Waals surface area contributed by atoms with Crippen molar-refractivity contribution in [3.63, 3.8) is 0 Å². The van der Waals surface area contributed by atoms with Gasteiger partial charge in [-0.05, 0) is 39.5 Å². The zero-order valence-corrected chi connectivity index (χ0v) is 11.1. The van der Waals surface area contributed by atoms with Gasteiger partial charge in [0.25, 0.3) is 11.5 Å². The van der Waals surface area contributed by atoms with E-state index in [-0.39, 0.29) is 16.8 Å². The molecule has 5 heteroatoms. The van der Waals surface area contributed by atoms with E-state index in [0.29, 0.717) is 12.5 Å². The highest BCUT2D eigenvalue weighted by molar-refractivity contribution is 5.92. The number of carbonyl (C=O) groups excluding carboxylic acids is 1. The third-order valence-electron chi connectivity index (χ3n) is 2.77. The maximum absolute atomic E-state index is 12.1. The van der Waals surface area contributed by atoms with Crippen molar-refractivity contribution in [1.29, 1.82) is 0 Å². The summed E-state index contributed by atoms with van der Waals surface area (Å²) in [5.41, 5.74) is -0.693. The minimum atomic E-state index is -0.405. The molecule has 0 aromatic carbocycles. The summed E-state index contributed by atoms with van der Waals surface area (Å²) >= 11 is 0. The third kappa shape index (κ3) is 3.18. The molecule has 1 aliphatic rings. The standard InChI is InChI=1S/C13H19N3O2/c1-13(2,3)15-11(17)10-12(18)16(7-6-14-10)8-9-4-5-9/h6-7,9H,4-5,8H2,1-3H3,(H,15,17). The molecule has 0 saturated heterocycles. The van der Waals surface area contributed by atoms with Crippen molar-refractivity contribution >= 4 is 5.91 Å². The lowest BCUT2D eigenvalue weighted by molar-refractivity contribution is 0.0912. The molecule has 1 amide bonds. The van der Waals surface area contributed by atoms with Gasteiger partial charge in [0.15, 0.2) is 5.69 Å². The molecule has 5 nitrogen and oxygen atoms in total. The fourth-order valence-electron chi connectivity index (χ4n) is 1.73. The van der Waals surface area contributed by atoms with E-state index in [2.05, 4.69) is 10.3 Å². The summed E-state index contributed by atoms with van der Waals surface area (Å²) in [5, 5.41) is 2.76. The normalized spacial score (nSPS) is 15.5. The Kier molecular flexibility index (Phi) is 3.24. The van der Waals surface area contributed by atoms with Gasteiger partial charge in [-0.25, -0.2) is 4.98 Å². The van der Waals surface area contributed by atoms with Gasteiger partial charge in [0.2, 0.25) is 0 Å². The highest BCUT2D eigenvalue weighted by Crippen LogP contribution is 2.29. The predicted molar refractivity (Wildman–Crippen MR) is 68.4 cm³/mol. The Morgan fingerprint density at radius 1 is 1.50 bits per heavy atom. The molecule has 1 fully saturated rings. The van der Waals surface area contributed by atoms with Crippen molar-refractivity contribution in [3.8, 4) is 0 Å². The lowest BCUT2D eigenvalue weighted by Gasteiger charge is -2.20. The van der Waals surface area contributed by atoms with Crippen molar-refractivity contribution < 1.29 is 4.79 Å². The predicted octanol–water partition coefficient (Wildman–Crippen LogP) is 1.18. The lowest BCUT2D eigenvalue weighted by atomic mass is 10.1. The number of hydrogen-bond acceptors (Lipinski definition) is 3. The summed E-state index contributed by atoms with van der Waals surface area (Å²) in [6.07, 6.45) is 5.49. The van der Waals surface area contributed by atoms with Crippen LogP contribution in [0.25, 0.3) is 0 Å². The Bertz CT molecular complexity index is 510. The first-order valence-electron chi connectivity index (χ1n) is 6.25. The molecule has 1 saturated carbocycles. The number of carbonyl (C=O) groups is 1. The van der Waals surface area contributed by atoms with Crippen molar-refractivity contribution in [2.24, 2.45) is 5.92 Å². The summed E-state index contributed by atoms with van der Waals surface area (Å²) in [5.74, 6) is 0.182. The minimum Gasteiger partial charge on any atom is -0.346 e. The second-order valence-corrected chi connectivity index (χ2v) is 5.88. The van der Waals surface area contributed by atoms with Gasteiger partial charge >= 0.3 is 0 Å². The molecule has 1 N–H and O–H groups in total. The molecule has 1 aromatic rings. The van der Waals surface area contributed by atoms with Crippen LogP contribution in [-0.4, -0.2) is 21.0 Å². The summed E-state index contributed by atoms with van der Waals surface area (Å²) in [7, 11) is 0. The van der Waals surface area contributed by atoms with E-state index >= 15 is 0 Å². The minimum absolute atomic E-state index is 0.0203. The molecule has 0 bridgehead atoms. The topological polar surface area (TPSA) is 64.0 Å². The molecule has 0 radical (unpaired) electrons. The molecular weight excluding hydrogens is 230 g/mol. The fraction of sp³-hybridized carbons (Fsp3) is 0.615. The molecule has 0 unspecified atom stereocenters. The number of nitrogens with zero attached hydrogens (tertiary/aromatic N) is 2. The Labute approximate surface area is 106 Å². The van der Waals surface area contributed by atoms with Gasteiger partial charge in [0.1, 0.15) is 0 Å². The van der Waals surface area contributed by atoms with E-state index in [1.54, 1.807) is 10.8 Å². The average molecular weight is 249 g/mol. The Balaban J connectivity index is 2.22. The van der Waals surface area contributed by atoms with Gasteiger partial charge in [0.05, 0.1) is 0 Å². The first-order chi connectivity index (χ1) is 8.37. The molecule has 2 rings (SSSR count). The number of amides is 1. The molecule has 1 aromatic heterocycles. The number of rotatable bonds is 3. The van der Waals surface area contributed by atoms with Crippen molar-refractivity contribution in [2.45, 2.75) is 45.7 Å². The van der Waals surface area contributed by atoms with Crippen LogP contribution in [0.2, 0.25) is 0 Å². The molecule has 18 heavy (non-hydrogen) atoms. The molecule has 98 valence electrons. The highest BCUT2D eigenvalue weighted by Gasteiger charge is 2.24. The van der Waals surface area contributed by atoms with Crippen LogP contribution in [0.5, 0.6) is 0 Å². The van der Waals surface area contributed by atoms with Crippen molar-refractivity contribution in [1.82, 2.24) is 14.9 Å². The van der Waals surface area contributed by atoms with Crippen LogP contribution in [0.3, 0.4) is 0 Å². The zero-order chi connectivity index (χ0) is 13.3. The summed E-state index contributed by atoms with van der Waals surface area (Å²) in [6.45, 7) is 6.31. The van der Waals surface area contributed by atoms with E-state index in [4.69, 9.17) is 0 Å². The van der Waals surface area contributed by atoms with E-state index in [0.717, 1.165) is 12.8 Å². The summed E-state index contributed by atoms with van der Waals surface area (Å²) in [6, 6.07) is 0. The quantitative estimate of drug-likeness (QED) is 0.875. The molecule has 0 spiro atoms. The SMILES string of the molecule is CC(C)(C)NC(=O)c1nccn(CC2CC2)c1=O. The van der Waals surface area contributed by atoms with Gasteiger partial charge in [-0.1, -0.05) is 0 Å². The molecule has 1 aliphatic carbocycles. The zero-order valence-electron chi connectivity index (χ0n) is 11.1. The summed E-state index contributed by atoms with van der Waals surface area (Å²) in [4.78, 5) is 28.0. The van der Waals surface area contributed by atoms with Gasteiger partial charge in [-0.2, -0.15) is 0 Å². The first kappa shape index (κ1) is 12.8. The first-order valence-corrected chi connectivity index (χ1v) is 6.25. The highest BCUT2D eigenvalue weighted by atomic mass is 16.2. The second kappa shape index (κ2) is 4.55. The van der Waals surface area contributed by atoms with E-state index in [1.165, 1.54) is 6.20 Å².